The van der Waals surface area contributed by atoms with E-state index < -0.39 is 0 Å². The summed E-state index contributed by atoms with van der Waals surface area (Å²) >= 11 is 0. The molecule has 0 unspecified atom stereocenters. The maximum atomic E-state index is 12.5. The quantitative estimate of drug-likeness (QED) is 0.0712. The minimum atomic E-state index is 0.0674. The molecule has 0 bridgehead atoms. The molecular weight excluding hydrogens is 440 g/mol. The molecule has 0 N–H and O–H groups in total. The maximum absolute atomic E-state index is 12.5. The summed E-state index contributed by atoms with van der Waals surface area (Å²) in [5.41, 5.74) is 0. The Bertz CT molecular complexity index is 419. The first-order valence-electron chi connectivity index (χ1n) is 16.9. The van der Waals surface area contributed by atoms with Gasteiger partial charge in [0.25, 0.3) is 0 Å². The van der Waals surface area contributed by atoms with E-state index in [-0.39, 0.29) is 12.1 Å². The Kier molecular flexibility index (Phi) is 30.2. The van der Waals surface area contributed by atoms with Gasteiger partial charge in [0, 0.05) is 6.42 Å². The molecule has 0 radical (unpaired) electrons. The van der Waals surface area contributed by atoms with Gasteiger partial charge < -0.3 is 4.74 Å². The fourth-order valence-electron chi connectivity index (χ4n) is 5.28. The zero-order valence-corrected chi connectivity index (χ0v) is 25.4. The average Bonchev–Trinajstić information content (AvgIpc) is 2.88. The molecule has 0 aliphatic rings. The number of carbonyl (C=O) groups is 1. The lowest BCUT2D eigenvalue weighted by atomic mass is 10.0. The summed E-state index contributed by atoms with van der Waals surface area (Å²) in [6.07, 6.45) is 37.6. The fraction of sp³-hybridized carbons (Fsp3) is 0.971. The fourth-order valence-corrected chi connectivity index (χ4v) is 5.28. The van der Waals surface area contributed by atoms with Crippen molar-refractivity contribution in [3.8, 4) is 0 Å². The molecule has 0 aromatic heterocycles. The van der Waals surface area contributed by atoms with Crippen molar-refractivity contribution in [3.63, 3.8) is 0 Å². The topological polar surface area (TPSA) is 26.3 Å². The Morgan fingerprint density at radius 1 is 0.417 bits per heavy atom. The Morgan fingerprint density at radius 3 is 1.03 bits per heavy atom. The molecule has 2 nitrogen and oxygen atoms in total. The van der Waals surface area contributed by atoms with Crippen molar-refractivity contribution in [3.05, 3.63) is 0 Å². The van der Waals surface area contributed by atoms with Gasteiger partial charge in [-0.3, -0.25) is 4.79 Å². The van der Waals surface area contributed by atoms with Crippen molar-refractivity contribution in [2.75, 3.05) is 0 Å². The summed E-state index contributed by atoms with van der Waals surface area (Å²) < 4.78 is 6.00. The van der Waals surface area contributed by atoms with Gasteiger partial charge in [-0.05, 0) is 32.1 Å². The third-order valence-corrected chi connectivity index (χ3v) is 7.79. The van der Waals surface area contributed by atoms with E-state index >= 15 is 0 Å². The molecule has 0 rings (SSSR count). The zero-order chi connectivity index (χ0) is 26.4. The normalized spacial score (nSPS) is 12.2. The van der Waals surface area contributed by atoms with Gasteiger partial charge in [0.15, 0.2) is 0 Å². The van der Waals surface area contributed by atoms with Gasteiger partial charge in [0.1, 0.15) is 6.10 Å². The van der Waals surface area contributed by atoms with Gasteiger partial charge in [-0.2, -0.15) is 0 Å². The van der Waals surface area contributed by atoms with Crippen molar-refractivity contribution in [2.45, 2.75) is 213 Å². The van der Waals surface area contributed by atoms with E-state index in [1.54, 1.807) is 0 Å². The second kappa shape index (κ2) is 30.7. The smallest absolute Gasteiger partial charge is 0.306 e. The number of rotatable bonds is 30. The summed E-state index contributed by atoms with van der Waals surface area (Å²) in [6.45, 7) is 6.84. The molecule has 0 fully saturated rings. The van der Waals surface area contributed by atoms with E-state index in [0.717, 1.165) is 19.3 Å². The summed E-state index contributed by atoms with van der Waals surface area (Å²) in [7, 11) is 0. The first kappa shape index (κ1) is 35.5. The molecule has 36 heavy (non-hydrogen) atoms. The minimum absolute atomic E-state index is 0.0674. The van der Waals surface area contributed by atoms with Crippen molar-refractivity contribution < 1.29 is 9.53 Å². The van der Waals surface area contributed by atoms with Crippen LogP contribution in [0.15, 0.2) is 0 Å². The van der Waals surface area contributed by atoms with Crippen molar-refractivity contribution in [1.29, 1.82) is 0 Å². The van der Waals surface area contributed by atoms with Gasteiger partial charge in [-0.1, -0.05) is 168 Å². The number of hydrogen-bond donors (Lipinski definition) is 0. The third kappa shape index (κ3) is 28.0. The van der Waals surface area contributed by atoms with Gasteiger partial charge >= 0.3 is 5.97 Å². The largest absolute Gasteiger partial charge is 0.462 e. The molecule has 2 heteroatoms. The van der Waals surface area contributed by atoms with Crippen LogP contribution >= 0.6 is 0 Å². The van der Waals surface area contributed by atoms with E-state index in [4.69, 9.17) is 4.74 Å². The summed E-state index contributed by atoms with van der Waals surface area (Å²) in [5.74, 6) is 0.0674. The number of carbonyl (C=O) groups excluding carboxylic acids is 1. The van der Waals surface area contributed by atoms with Gasteiger partial charge in [-0.15, -0.1) is 0 Å². The van der Waals surface area contributed by atoms with Crippen LogP contribution in [0.4, 0.5) is 0 Å². The van der Waals surface area contributed by atoms with E-state index in [9.17, 15) is 4.79 Å². The molecule has 0 aromatic carbocycles. The standard InChI is InChI=1S/C34H68O2/c1-4-7-10-13-16-18-19-21-23-26-29-32-34(35)36-33(30-27-24-15-12-9-6-3)31-28-25-22-20-17-14-11-8-5-2/h33H,4-32H2,1-3H3/t33-/m1/s1. The molecule has 0 amide bonds. The SMILES string of the molecule is CCCCCCCCCCCCCC(=O)O[C@H](CCCCCCCC)CCCCCCCCCCC. The summed E-state index contributed by atoms with van der Waals surface area (Å²) in [5, 5.41) is 0. The lowest BCUT2D eigenvalue weighted by molar-refractivity contribution is -0.150. The van der Waals surface area contributed by atoms with E-state index in [0.29, 0.717) is 6.42 Å². The number of ether oxygens (including phenoxy) is 1. The zero-order valence-electron chi connectivity index (χ0n) is 25.4. The van der Waals surface area contributed by atoms with Gasteiger partial charge in [-0.25, -0.2) is 0 Å². The molecular formula is C34H68O2. The lowest BCUT2D eigenvalue weighted by Gasteiger charge is -2.18. The average molecular weight is 509 g/mol. The van der Waals surface area contributed by atoms with Crippen LogP contribution in [0, 0.1) is 0 Å². The summed E-state index contributed by atoms with van der Waals surface area (Å²) in [6, 6.07) is 0. The van der Waals surface area contributed by atoms with Crippen LogP contribution in [-0.4, -0.2) is 12.1 Å². The first-order valence-corrected chi connectivity index (χ1v) is 16.9. The van der Waals surface area contributed by atoms with Crippen molar-refractivity contribution in [1.82, 2.24) is 0 Å². The van der Waals surface area contributed by atoms with Gasteiger partial charge in [0.2, 0.25) is 0 Å². The Hall–Kier alpha value is -0.530. The van der Waals surface area contributed by atoms with Crippen LogP contribution in [0.1, 0.15) is 207 Å². The lowest BCUT2D eigenvalue weighted by Crippen LogP contribution is -2.18. The highest BCUT2D eigenvalue weighted by atomic mass is 16.5. The molecule has 216 valence electrons. The number of hydrogen-bond acceptors (Lipinski definition) is 2. The highest BCUT2D eigenvalue weighted by Gasteiger charge is 2.14. The van der Waals surface area contributed by atoms with Crippen molar-refractivity contribution >= 4 is 5.97 Å². The molecule has 0 aliphatic carbocycles. The monoisotopic (exact) mass is 509 g/mol. The van der Waals surface area contributed by atoms with E-state index in [1.165, 1.54) is 161 Å². The summed E-state index contributed by atoms with van der Waals surface area (Å²) in [4.78, 5) is 12.5. The Labute approximate surface area is 228 Å². The maximum Gasteiger partial charge on any atom is 0.306 e. The number of unbranched alkanes of at least 4 members (excludes halogenated alkanes) is 23. The minimum Gasteiger partial charge on any atom is -0.462 e. The molecule has 0 aromatic rings. The highest BCUT2D eigenvalue weighted by molar-refractivity contribution is 5.69. The van der Waals surface area contributed by atoms with Crippen LogP contribution in [0.2, 0.25) is 0 Å². The molecule has 0 aliphatic heterocycles. The predicted octanol–water partition coefficient (Wildman–Crippen LogP) is 12.3. The van der Waals surface area contributed by atoms with Crippen LogP contribution in [0.3, 0.4) is 0 Å². The molecule has 0 saturated carbocycles. The Morgan fingerprint density at radius 2 is 0.694 bits per heavy atom. The molecule has 0 heterocycles. The predicted molar refractivity (Wildman–Crippen MR) is 161 cm³/mol. The molecule has 0 spiro atoms. The number of esters is 1. The third-order valence-electron chi connectivity index (χ3n) is 7.79. The van der Waals surface area contributed by atoms with Crippen LogP contribution in [0.5, 0.6) is 0 Å². The van der Waals surface area contributed by atoms with Gasteiger partial charge in [0.05, 0.1) is 0 Å². The second-order valence-corrected chi connectivity index (χ2v) is 11.6. The van der Waals surface area contributed by atoms with Crippen LogP contribution in [-0.2, 0) is 9.53 Å². The first-order chi connectivity index (χ1) is 17.7. The van der Waals surface area contributed by atoms with E-state index in [1.807, 2.05) is 0 Å². The molecule has 1 atom stereocenters. The Balaban J connectivity index is 3.94. The molecule has 0 saturated heterocycles. The second-order valence-electron chi connectivity index (χ2n) is 11.6. The van der Waals surface area contributed by atoms with Crippen molar-refractivity contribution in [2.24, 2.45) is 0 Å². The highest BCUT2D eigenvalue weighted by Crippen LogP contribution is 2.19. The van der Waals surface area contributed by atoms with Crippen LogP contribution < -0.4 is 0 Å². The van der Waals surface area contributed by atoms with E-state index in [2.05, 4.69) is 20.8 Å². The van der Waals surface area contributed by atoms with Crippen LogP contribution in [0.25, 0.3) is 0 Å².